The summed E-state index contributed by atoms with van der Waals surface area (Å²) in [5, 5.41) is 10.2. The Bertz CT molecular complexity index is 1010. The first kappa shape index (κ1) is 17.8. The molecule has 1 saturated carbocycles. The van der Waals surface area contributed by atoms with Gasteiger partial charge in [0.15, 0.2) is 11.4 Å². The first-order valence-electron chi connectivity index (χ1n) is 9.05. The number of aromatic nitrogens is 4. The number of primary amides is 1. The minimum Gasteiger partial charge on any atom is -0.484 e. The predicted molar refractivity (Wildman–Crippen MR) is 103 cm³/mol. The van der Waals surface area contributed by atoms with Gasteiger partial charge in [0.25, 0.3) is 11.8 Å². The number of hydrogen-bond donors (Lipinski definition) is 3. The van der Waals surface area contributed by atoms with Crippen molar-refractivity contribution in [2.45, 2.75) is 19.3 Å². The fourth-order valence-electron chi connectivity index (χ4n) is 2.51. The number of fused-ring (bicyclic) bond motifs is 2. The number of nitrogens with zero attached hydrogens (tertiary/aromatic N) is 4. The van der Waals surface area contributed by atoms with Gasteiger partial charge in [0, 0.05) is 13.1 Å². The number of anilines is 3. The van der Waals surface area contributed by atoms with Crippen molar-refractivity contribution in [2.75, 3.05) is 30.9 Å². The van der Waals surface area contributed by atoms with Crippen molar-refractivity contribution >= 4 is 29.0 Å². The number of carbonyl (C=O) groups excluding carboxylic acids is 1. The van der Waals surface area contributed by atoms with E-state index in [4.69, 9.17) is 15.2 Å². The van der Waals surface area contributed by atoms with Crippen molar-refractivity contribution in [3.05, 3.63) is 30.0 Å². The Morgan fingerprint density at radius 1 is 1.14 bits per heavy atom. The van der Waals surface area contributed by atoms with Crippen LogP contribution in [0.2, 0.25) is 0 Å². The van der Waals surface area contributed by atoms with Crippen LogP contribution in [0.25, 0.3) is 5.65 Å². The quantitative estimate of drug-likeness (QED) is 0.623. The number of carbonyl (C=O) groups is 1. The SMILES string of the molecule is C1CC1.CNc1cc(Nc2ccc3c(n2)OCCO3)nc2c(C(N)=O)cnn12. The first-order valence-corrected chi connectivity index (χ1v) is 9.05. The van der Waals surface area contributed by atoms with E-state index in [1.54, 1.807) is 25.2 Å². The molecule has 5 rings (SSSR count). The first-order chi connectivity index (χ1) is 13.7. The van der Waals surface area contributed by atoms with Crippen molar-refractivity contribution in [1.29, 1.82) is 0 Å². The van der Waals surface area contributed by atoms with Gasteiger partial charge in [0.05, 0.1) is 6.20 Å². The topological polar surface area (TPSA) is 129 Å². The lowest BCUT2D eigenvalue weighted by atomic mass is 10.3. The van der Waals surface area contributed by atoms with E-state index in [-0.39, 0.29) is 5.56 Å². The largest absolute Gasteiger partial charge is 0.484 e. The number of ether oxygens (including phenoxy) is 2. The molecule has 2 aliphatic rings. The number of hydrogen-bond acceptors (Lipinski definition) is 8. The van der Waals surface area contributed by atoms with Crippen molar-refractivity contribution in [3.8, 4) is 11.6 Å². The average molecular weight is 383 g/mol. The molecule has 0 aromatic carbocycles. The second kappa shape index (κ2) is 7.59. The lowest BCUT2D eigenvalue weighted by Crippen LogP contribution is -2.16. The summed E-state index contributed by atoms with van der Waals surface area (Å²) < 4.78 is 12.4. The van der Waals surface area contributed by atoms with E-state index in [2.05, 4.69) is 25.7 Å². The van der Waals surface area contributed by atoms with Gasteiger partial charge >= 0.3 is 0 Å². The van der Waals surface area contributed by atoms with Crippen LogP contribution in [0.5, 0.6) is 11.6 Å². The molecular weight excluding hydrogens is 362 g/mol. The maximum absolute atomic E-state index is 11.6. The van der Waals surface area contributed by atoms with Gasteiger partial charge in [-0.05, 0) is 12.1 Å². The molecule has 0 unspecified atom stereocenters. The van der Waals surface area contributed by atoms with E-state index in [0.29, 0.717) is 47.9 Å². The molecule has 0 saturated heterocycles. The number of pyridine rings is 1. The highest BCUT2D eigenvalue weighted by atomic mass is 16.6. The van der Waals surface area contributed by atoms with Crippen LogP contribution in [0.15, 0.2) is 24.4 Å². The van der Waals surface area contributed by atoms with E-state index in [0.717, 1.165) is 0 Å². The number of nitrogens with two attached hydrogens (primary N) is 1. The van der Waals surface area contributed by atoms with Crippen LogP contribution in [-0.4, -0.2) is 45.8 Å². The van der Waals surface area contributed by atoms with Crippen LogP contribution in [0.1, 0.15) is 29.6 Å². The third-order valence-corrected chi connectivity index (χ3v) is 4.01. The smallest absolute Gasteiger partial charge is 0.259 e. The molecule has 10 nitrogen and oxygen atoms in total. The second-order valence-corrected chi connectivity index (χ2v) is 6.32. The minimum atomic E-state index is -0.598. The molecule has 1 aliphatic heterocycles. The summed E-state index contributed by atoms with van der Waals surface area (Å²) >= 11 is 0. The monoisotopic (exact) mass is 383 g/mol. The zero-order chi connectivity index (χ0) is 19.5. The molecule has 3 aromatic rings. The fourth-order valence-corrected chi connectivity index (χ4v) is 2.51. The standard InChI is InChI=1S/C15H15N7O3.C3H6/c1-17-12-6-11(20-14-8(13(16)23)7-18-22(12)14)19-10-3-2-9-15(21-10)25-5-4-24-9;1-2-3-1/h2-3,6-7,17H,4-5H2,1H3,(H2,16,23)(H,19,20,21);1-3H2. The highest BCUT2D eigenvalue weighted by Gasteiger charge is 2.16. The van der Waals surface area contributed by atoms with Gasteiger partial charge in [-0.15, -0.1) is 0 Å². The van der Waals surface area contributed by atoms with Crippen LogP contribution in [0, 0.1) is 0 Å². The Morgan fingerprint density at radius 3 is 2.64 bits per heavy atom. The van der Waals surface area contributed by atoms with E-state index in [1.165, 1.54) is 30.0 Å². The zero-order valence-electron chi connectivity index (χ0n) is 15.4. The molecule has 0 spiro atoms. The van der Waals surface area contributed by atoms with Crippen molar-refractivity contribution in [3.63, 3.8) is 0 Å². The van der Waals surface area contributed by atoms with Crippen LogP contribution in [0.4, 0.5) is 17.5 Å². The Labute approximate surface area is 161 Å². The molecule has 28 heavy (non-hydrogen) atoms. The summed E-state index contributed by atoms with van der Waals surface area (Å²) in [6, 6.07) is 5.27. The molecule has 146 valence electrons. The second-order valence-electron chi connectivity index (χ2n) is 6.32. The Kier molecular flexibility index (Phi) is 4.83. The molecule has 1 aliphatic carbocycles. The summed E-state index contributed by atoms with van der Waals surface area (Å²) in [6.45, 7) is 0.956. The van der Waals surface area contributed by atoms with Gasteiger partial charge in [-0.1, -0.05) is 19.3 Å². The van der Waals surface area contributed by atoms with Gasteiger partial charge in [-0.3, -0.25) is 4.79 Å². The van der Waals surface area contributed by atoms with Gasteiger partial charge in [-0.25, -0.2) is 4.98 Å². The zero-order valence-corrected chi connectivity index (χ0v) is 15.4. The van der Waals surface area contributed by atoms with Gasteiger partial charge in [-0.2, -0.15) is 14.6 Å². The van der Waals surface area contributed by atoms with E-state index < -0.39 is 5.91 Å². The number of rotatable bonds is 4. The van der Waals surface area contributed by atoms with Crippen LogP contribution in [0.3, 0.4) is 0 Å². The minimum absolute atomic E-state index is 0.232. The summed E-state index contributed by atoms with van der Waals surface area (Å²) in [5.41, 5.74) is 5.96. The van der Waals surface area contributed by atoms with Gasteiger partial charge in [0.2, 0.25) is 0 Å². The molecule has 1 amide bonds. The average Bonchev–Trinajstić information content (AvgIpc) is 3.53. The summed E-state index contributed by atoms with van der Waals surface area (Å²) in [5.74, 6) is 2.07. The van der Waals surface area contributed by atoms with Crippen LogP contribution < -0.4 is 25.8 Å². The lowest BCUT2D eigenvalue weighted by Gasteiger charge is -2.18. The lowest BCUT2D eigenvalue weighted by molar-refractivity contribution is 0.100. The molecule has 10 heteroatoms. The van der Waals surface area contributed by atoms with Gasteiger partial charge in [0.1, 0.15) is 36.2 Å². The predicted octanol–water partition coefficient (Wildman–Crippen LogP) is 1.95. The van der Waals surface area contributed by atoms with Crippen LogP contribution >= 0.6 is 0 Å². The Balaban J connectivity index is 0.000000586. The van der Waals surface area contributed by atoms with E-state index in [9.17, 15) is 4.79 Å². The highest BCUT2D eigenvalue weighted by molar-refractivity contribution is 5.98. The molecule has 3 aromatic heterocycles. The Morgan fingerprint density at radius 2 is 1.93 bits per heavy atom. The molecular formula is C18H21N7O3. The van der Waals surface area contributed by atoms with E-state index >= 15 is 0 Å². The van der Waals surface area contributed by atoms with Crippen molar-refractivity contribution in [2.24, 2.45) is 5.73 Å². The Hall–Kier alpha value is -3.56. The maximum atomic E-state index is 11.6. The fraction of sp³-hybridized carbons (Fsp3) is 0.333. The molecule has 0 radical (unpaired) electrons. The molecule has 1 fully saturated rings. The third-order valence-electron chi connectivity index (χ3n) is 4.01. The normalized spacial score (nSPS) is 14.0. The van der Waals surface area contributed by atoms with Crippen molar-refractivity contribution < 1.29 is 14.3 Å². The summed E-state index contributed by atoms with van der Waals surface area (Å²) in [4.78, 5) is 20.3. The van der Waals surface area contributed by atoms with Crippen LogP contribution in [-0.2, 0) is 0 Å². The van der Waals surface area contributed by atoms with Gasteiger partial charge < -0.3 is 25.8 Å². The van der Waals surface area contributed by atoms with Crippen molar-refractivity contribution in [1.82, 2.24) is 19.6 Å². The summed E-state index contributed by atoms with van der Waals surface area (Å²) in [6.07, 6.45) is 5.89. The molecule has 0 atom stereocenters. The highest BCUT2D eigenvalue weighted by Crippen LogP contribution is 2.30. The molecule has 4 heterocycles. The molecule has 0 bridgehead atoms. The third kappa shape index (κ3) is 3.75. The van der Waals surface area contributed by atoms with E-state index in [1.807, 2.05) is 0 Å². The maximum Gasteiger partial charge on any atom is 0.259 e. The number of amides is 1. The number of nitrogens with one attached hydrogen (secondary N) is 2. The summed E-state index contributed by atoms with van der Waals surface area (Å²) in [7, 11) is 1.74. The molecule has 4 N–H and O–H groups in total.